The molecule has 0 atom stereocenters. The number of nitrogens with zero attached hydrogens (tertiary/aromatic N) is 6. The Balaban J connectivity index is 1.56. The number of pyridine rings is 1. The Labute approximate surface area is 182 Å². The van der Waals surface area contributed by atoms with Crippen LogP contribution >= 0.6 is 0 Å². The number of H-pyrrole nitrogens is 1. The Hall–Kier alpha value is -4.01. The average Bonchev–Trinajstić information content (AvgIpc) is 3.39. The first-order chi connectivity index (χ1) is 15.7. The monoisotopic (exact) mass is 427 g/mol. The molecule has 0 unspecified atom stereocenters. The topological polar surface area (TPSA) is 103 Å². The highest BCUT2D eigenvalue weighted by atomic mass is 16.2. The normalized spacial score (nSPS) is 13.9. The molecule has 9 nitrogen and oxygen atoms in total. The van der Waals surface area contributed by atoms with Crippen molar-refractivity contribution in [3.8, 4) is 22.8 Å². The van der Waals surface area contributed by atoms with Gasteiger partial charge in [-0.1, -0.05) is 37.3 Å². The number of hydrogen-bond donors (Lipinski definition) is 1. The van der Waals surface area contributed by atoms with E-state index in [-0.39, 0.29) is 17.3 Å². The van der Waals surface area contributed by atoms with Gasteiger partial charge in [-0.15, -0.1) is 10.2 Å². The summed E-state index contributed by atoms with van der Waals surface area (Å²) in [7, 11) is 0. The summed E-state index contributed by atoms with van der Waals surface area (Å²) in [5.74, 6) is 1.25. The Kier molecular flexibility index (Phi) is 4.11. The lowest BCUT2D eigenvalue weighted by Gasteiger charge is -2.09. The van der Waals surface area contributed by atoms with Crippen LogP contribution in [0.1, 0.15) is 32.2 Å². The van der Waals surface area contributed by atoms with E-state index in [1.165, 1.54) is 4.57 Å². The summed E-state index contributed by atoms with van der Waals surface area (Å²) in [6, 6.07) is 13.6. The summed E-state index contributed by atoms with van der Waals surface area (Å²) in [5, 5.41) is 8.59. The Morgan fingerprint density at radius 2 is 1.84 bits per heavy atom. The van der Waals surface area contributed by atoms with Crippen molar-refractivity contribution in [3.05, 3.63) is 69.5 Å². The SMILES string of the molecule is CCCn1c(=O)n(C2CC2)c(=O)c2[nH]c(-c3ccc4nnc(-c5ccccc5)n4c3)nc21. The number of nitrogens with one attached hydrogen (secondary N) is 1. The zero-order chi connectivity index (χ0) is 21.8. The van der Waals surface area contributed by atoms with Crippen molar-refractivity contribution in [3.63, 3.8) is 0 Å². The van der Waals surface area contributed by atoms with Gasteiger partial charge in [-0.25, -0.2) is 9.78 Å². The number of aromatic nitrogens is 7. The van der Waals surface area contributed by atoms with E-state index in [0.717, 1.165) is 36.2 Å². The van der Waals surface area contributed by atoms with Crippen LogP contribution in [0, 0.1) is 0 Å². The second-order valence-electron chi connectivity index (χ2n) is 8.16. The van der Waals surface area contributed by atoms with Crippen molar-refractivity contribution in [2.24, 2.45) is 0 Å². The lowest BCUT2D eigenvalue weighted by molar-refractivity contribution is 0.571. The van der Waals surface area contributed by atoms with Gasteiger partial charge < -0.3 is 4.98 Å². The third kappa shape index (κ3) is 2.81. The molecule has 4 heterocycles. The highest BCUT2D eigenvalue weighted by molar-refractivity contribution is 5.76. The molecular weight excluding hydrogens is 406 g/mol. The molecule has 1 aliphatic rings. The molecule has 1 N–H and O–H groups in total. The summed E-state index contributed by atoms with van der Waals surface area (Å²) in [6.45, 7) is 2.51. The van der Waals surface area contributed by atoms with Crippen molar-refractivity contribution in [1.82, 2.24) is 33.7 Å². The first-order valence-electron chi connectivity index (χ1n) is 10.8. The molecule has 0 radical (unpaired) electrons. The van der Waals surface area contributed by atoms with E-state index in [1.807, 2.05) is 60.0 Å². The molecule has 0 spiro atoms. The number of imidazole rings is 1. The maximum Gasteiger partial charge on any atom is 0.333 e. The molecule has 32 heavy (non-hydrogen) atoms. The highest BCUT2D eigenvalue weighted by Gasteiger charge is 2.30. The maximum atomic E-state index is 13.1. The van der Waals surface area contributed by atoms with E-state index in [2.05, 4.69) is 20.2 Å². The number of rotatable bonds is 5. The molecule has 1 aliphatic carbocycles. The number of aryl methyl sites for hydroxylation is 1. The molecule has 1 fully saturated rings. The second-order valence-corrected chi connectivity index (χ2v) is 8.16. The van der Waals surface area contributed by atoms with E-state index in [1.54, 1.807) is 4.57 Å². The first-order valence-corrected chi connectivity index (χ1v) is 10.8. The molecule has 0 bridgehead atoms. The van der Waals surface area contributed by atoms with E-state index in [9.17, 15) is 9.59 Å². The highest BCUT2D eigenvalue weighted by Crippen LogP contribution is 2.32. The van der Waals surface area contributed by atoms with E-state index < -0.39 is 0 Å². The second kappa shape index (κ2) is 7.01. The molecule has 160 valence electrons. The Morgan fingerprint density at radius 1 is 1.03 bits per heavy atom. The first kappa shape index (κ1) is 18.7. The van der Waals surface area contributed by atoms with Gasteiger partial charge >= 0.3 is 5.69 Å². The van der Waals surface area contributed by atoms with Crippen molar-refractivity contribution >= 4 is 16.8 Å². The van der Waals surface area contributed by atoms with E-state index in [4.69, 9.17) is 0 Å². The van der Waals surface area contributed by atoms with Gasteiger partial charge in [0.25, 0.3) is 5.56 Å². The van der Waals surface area contributed by atoms with Gasteiger partial charge in [0.15, 0.2) is 17.1 Å². The van der Waals surface area contributed by atoms with Crippen LogP contribution in [-0.4, -0.2) is 33.7 Å². The van der Waals surface area contributed by atoms with Crippen LogP contribution < -0.4 is 11.2 Å². The maximum absolute atomic E-state index is 13.1. The van der Waals surface area contributed by atoms with Gasteiger partial charge in [-0.3, -0.25) is 18.3 Å². The molecule has 1 aromatic carbocycles. The third-order valence-corrected chi connectivity index (χ3v) is 5.88. The number of aromatic amines is 1. The predicted octanol–water partition coefficient (Wildman–Crippen LogP) is 3.01. The molecule has 9 heteroatoms. The number of fused-ring (bicyclic) bond motifs is 2. The van der Waals surface area contributed by atoms with Crippen LogP contribution in [0.2, 0.25) is 0 Å². The van der Waals surface area contributed by atoms with Crippen molar-refractivity contribution in [1.29, 1.82) is 0 Å². The lowest BCUT2D eigenvalue weighted by atomic mass is 10.2. The Bertz CT molecular complexity index is 1590. The van der Waals surface area contributed by atoms with Gasteiger partial charge in [0.05, 0.1) is 0 Å². The van der Waals surface area contributed by atoms with Crippen LogP contribution in [0.3, 0.4) is 0 Å². The van der Waals surface area contributed by atoms with Crippen LogP contribution in [0.15, 0.2) is 58.3 Å². The smallest absolute Gasteiger partial charge is 0.332 e. The fourth-order valence-electron chi connectivity index (χ4n) is 4.17. The van der Waals surface area contributed by atoms with Gasteiger partial charge in [-0.05, 0) is 31.4 Å². The molecular formula is C23H21N7O2. The summed E-state index contributed by atoms with van der Waals surface area (Å²) in [4.78, 5) is 34.0. The Morgan fingerprint density at radius 3 is 2.59 bits per heavy atom. The van der Waals surface area contributed by atoms with Crippen molar-refractivity contribution in [2.45, 2.75) is 38.8 Å². The molecule has 1 saturated carbocycles. The summed E-state index contributed by atoms with van der Waals surface area (Å²) < 4.78 is 4.90. The number of hydrogen-bond acceptors (Lipinski definition) is 5. The van der Waals surface area contributed by atoms with Crippen LogP contribution in [0.4, 0.5) is 0 Å². The van der Waals surface area contributed by atoms with Gasteiger partial charge in [-0.2, -0.15) is 0 Å². The molecule has 0 saturated heterocycles. The largest absolute Gasteiger partial charge is 0.333 e. The van der Waals surface area contributed by atoms with Gasteiger partial charge in [0, 0.05) is 29.9 Å². The van der Waals surface area contributed by atoms with Crippen LogP contribution in [-0.2, 0) is 6.54 Å². The zero-order valence-electron chi connectivity index (χ0n) is 17.5. The van der Waals surface area contributed by atoms with Crippen molar-refractivity contribution < 1.29 is 0 Å². The van der Waals surface area contributed by atoms with Crippen LogP contribution in [0.5, 0.6) is 0 Å². The van der Waals surface area contributed by atoms with Crippen LogP contribution in [0.25, 0.3) is 39.6 Å². The molecule has 0 amide bonds. The fourth-order valence-corrected chi connectivity index (χ4v) is 4.17. The molecule has 0 aliphatic heterocycles. The zero-order valence-corrected chi connectivity index (χ0v) is 17.5. The summed E-state index contributed by atoms with van der Waals surface area (Å²) in [6.07, 6.45) is 4.39. The molecule has 5 aromatic rings. The quantitative estimate of drug-likeness (QED) is 0.464. The minimum absolute atomic E-state index is 0.00365. The predicted molar refractivity (Wildman–Crippen MR) is 121 cm³/mol. The lowest BCUT2D eigenvalue weighted by Crippen LogP contribution is -2.39. The van der Waals surface area contributed by atoms with Crippen molar-refractivity contribution in [2.75, 3.05) is 0 Å². The van der Waals surface area contributed by atoms with Gasteiger partial charge in [0.1, 0.15) is 11.3 Å². The minimum atomic E-state index is -0.297. The van der Waals surface area contributed by atoms with Gasteiger partial charge in [0.2, 0.25) is 0 Å². The summed E-state index contributed by atoms with van der Waals surface area (Å²) in [5.41, 5.74) is 2.64. The molecule has 4 aromatic heterocycles. The van der Waals surface area contributed by atoms with E-state index in [0.29, 0.717) is 29.2 Å². The fraction of sp³-hybridized carbons (Fsp3) is 0.261. The third-order valence-electron chi connectivity index (χ3n) is 5.88. The number of benzene rings is 1. The summed E-state index contributed by atoms with van der Waals surface area (Å²) >= 11 is 0. The standard InChI is InChI=1S/C23H21N7O2/c1-2-12-28-21-18(22(31)30(23(28)32)16-9-10-16)24-19(25-21)15-8-11-17-26-27-20(29(17)13-15)14-6-4-3-5-7-14/h3-8,11,13,16H,2,9-10,12H2,1H3,(H,24,25). The van der Waals surface area contributed by atoms with E-state index >= 15 is 0 Å². The molecule has 6 rings (SSSR count). The average molecular weight is 427 g/mol. The minimum Gasteiger partial charge on any atom is -0.332 e.